The van der Waals surface area contributed by atoms with E-state index >= 15 is 0 Å². The monoisotopic (exact) mass is 180 g/mol. The maximum atomic E-state index is 12.7. The molecule has 0 aliphatic carbocycles. The third-order valence-corrected chi connectivity index (χ3v) is 1.78. The van der Waals surface area contributed by atoms with Crippen molar-refractivity contribution in [3.63, 3.8) is 0 Å². The summed E-state index contributed by atoms with van der Waals surface area (Å²) in [6.07, 6.45) is 1.65. The highest BCUT2D eigenvalue weighted by Crippen LogP contribution is 2.19. The van der Waals surface area contributed by atoms with Gasteiger partial charge >= 0.3 is 0 Å². The standard InChI is InChI=1S/C11H13FO/c1-4-9(3)13-11-6-5-10(12)7-8(11)2/h4-7,9H,1H2,2-3H3. The summed E-state index contributed by atoms with van der Waals surface area (Å²) in [5.41, 5.74) is 0.800. The lowest BCUT2D eigenvalue weighted by Gasteiger charge is -2.12. The molecule has 0 spiro atoms. The summed E-state index contributed by atoms with van der Waals surface area (Å²) in [4.78, 5) is 0. The van der Waals surface area contributed by atoms with Gasteiger partial charge in [0.15, 0.2) is 0 Å². The van der Waals surface area contributed by atoms with Crippen molar-refractivity contribution in [2.75, 3.05) is 0 Å². The Kier molecular flexibility index (Phi) is 3.07. The van der Waals surface area contributed by atoms with E-state index in [9.17, 15) is 4.39 Å². The second kappa shape index (κ2) is 4.08. The van der Waals surface area contributed by atoms with Crippen LogP contribution >= 0.6 is 0 Å². The van der Waals surface area contributed by atoms with E-state index in [0.717, 1.165) is 5.56 Å². The van der Waals surface area contributed by atoms with Gasteiger partial charge in [-0.05, 0) is 37.6 Å². The summed E-state index contributed by atoms with van der Waals surface area (Å²) in [7, 11) is 0. The molecule has 1 nitrogen and oxygen atoms in total. The van der Waals surface area contributed by atoms with Crippen molar-refractivity contribution in [3.05, 3.63) is 42.2 Å². The quantitative estimate of drug-likeness (QED) is 0.649. The first-order chi connectivity index (χ1) is 6.13. The van der Waals surface area contributed by atoms with Gasteiger partial charge < -0.3 is 4.74 Å². The zero-order valence-corrected chi connectivity index (χ0v) is 7.88. The fraction of sp³-hybridized carbons (Fsp3) is 0.273. The molecule has 2 heteroatoms. The Morgan fingerprint density at radius 1 is 1.54 bits per heavy atom. The summed E-state index contributed by atoms with van der Waals surface area (Å²) >= 11 is 0. The fourth-order valence-corrected chi connectivity index (χ4v) is 0.993. The third kappa shape index (κ3) is 2.58. The van der Waals surface area contributed by atoms with Crippen LogP contribution in [0.2, 0.25) is 0 Å². The number of aryl methyl sites for hydroxylation is 1. The molecule has 0 saturated heterocycles. The number of hydrogen-bond donors (Lipinski definition) is 0. The van der Waals surface area contributed by atoms with Crippen LogP contribution in [0.15, 0.2) is 30.9 Å². The molecule has 0 heterocycles. The van der Waals surface area contributed by atoms with Crippen LogP contribution in [0, 0.1) is 12.7 Å². The Morgan fingerprint density at radius 3 is 2.77 bits per heavy atom. The molecule has 0 radical (unpaired) electrons. The molecule has 1 aromatic carbocycles. The molecule has 0 saturated carbocycles. The summed E-state index contributed by atoms with van der Waals surface area (Å²) in [6.45, 7) is 7.30. The van der Waals surface area contributed by atoms with E-state index in [4.69, 9.17) is 4.74 Å². The van der Waals surface area contributed by atoms with Gasteiger partial charge in [-0.25, -0.2) is 4.39 Å². The Labute approximate surface area is 77.8 Å². The predicted molar refractivity (Wildman–Crippen MR) is 51.4 cm³/mol. The van der Waals surface area contributed by atoms with Gasteiger partial charge in [0.25, 0.3) is 0 Å². The highest BCUT2D eigenvalue weighted by Gasteiger charge is 2.03. The number of hydrogen-bond acceptors (Lipinski definition) is 1. The average molecular weight is 180 g/mol. The first-order valence-electron chi connectivity index (χ1n) is 4.19. The van der Waals surface area contributed by atoms with Crippen molar-refractivity contribution in [3.8, 4) is 5.75 Å². The molecular weight excluding hydrogens is 167 g/mol. The fourth-order valence-electron chi connectivity index (χ4n) is 0.993. The van der Waals surface area contributed by atoms with Crippen molar-refractivity contribution in [2.45, 2.75) is 20.0 Å². The van der Waals surface area contributed by atoms with E-state index < -0.39 is 0 Å². The molecule has 0 N–H and O–H groups in total. The van der Waals surface area contributed by atoms with E-state index in [-0.39, 0.29) is 11.9 Å². The Hall–Kier alpha value is -1.31. The van der Waals surface area contributed by atoms with Crippen LogP contribution in [0.4, 0.5) is 4.39 Å². The molecule has 0 amide bonds. The van der Waals surface area contributed by atoms with E-state index in [0.29, 0.717) is 5.75 Å². The van der Waals surface area contributed by atoms with Crippen molar-refractivity contribution in [2.24, 2.45) is 0 Å². The van der Waals surface area contributed by atoms with Crippen molar-refractivity contribution in [1.29, 1.82) is 0 Å². The molecule has 0 bridgehead atoms. The normalized spacial score (nSPS) is 12.2. The molecule has 1 rings (SSSR count). The minimum Gasteiger partial charge on any atom is -0.486 e. The lowest BCUT2D eigenvalue weighted by Crippen LogP contribution is -2.08. The molecule has 1 atom stereocenters. The zero-order valence-electron chi connectivity index (χ0n) is 7.88. The first kappa shape index (κ1) is 9.78. The lowest BCUT2D eigenvalue weighted by molar-refractivity contribution is 0.268. The van der Waals surface area contributed by atoms with Crippen LogP contribution in [-0.2, 0) is 0 Å². The van der Waals surface area contributed by atoms with Crippen molar-refractivity contribution in [1.82, 2.24) is 0 Å². The van der Waals surface area contributed by atoms with Gasteiger partial charge in [-0.2, -0.15) is 0 Å². The Bertz CT molecular complexity index is 307. The maximum Gasteiger partial charge on any atom is 0.123 e. The molecule has 0 aromatic heterocycles. The SMILES string of the molecule is C=CC(C)Oc1ccc(F)cc1C. The average Bonchev–Trinajstić information content (AvgIpc) is 2.09. The van der Waals surface area contributed by atoms with Gasteiger partial charge in [-0.15, -0.1) is 0 Å². The van der Waals surface area contributed by atoms with Crippen LogP contribution in [0.25, 0.3) is 0 Å². The van der Waals surface area contributed by atoms with Crippen molar-refractivity contribution >= 4 is 0 Å². The molecule has 0 aliphatic heterocycles. The van der Waals surface area contributed by atoms with Crippen LogP contribution in [0.3, 0.4) is 0 Å². The molecule has 0 aliphatic rings. The smallest absolute Gasteiger partial charge is 0.123 e. The largest absolute Gasteiger partial charge is 0.486 e. The molecular formula is C11H13FO. The number of halogens is 1. The van der Waals surface area contributed by atoms with E-state index in [1.165, 1.54) is 12.1 Å². The van der Waals surface area contributed by atoms with Gasteiger partial charge in [0.2, 0.25) is 0 Å². The summed E-state index contributed by atoms with van der Waals surface area (Å²) in [6, 6.07) is 4.47. The number of rotatable bonds is 3. The first-order valence-corrected chi connectivity index (χ1v) is 4.19. The topological polar surface area (TPSA) is 9.23 Å². The minimum atomic E-state index is -0.240. The van der Waals surface area contributed by atoms with Crippen LogP contribution in [0.1, 0.15) is 12.5 Å². The van der Waals surface area contributed by atoms with E-state index in [1.807, 2.05) is 13.8 Å². The predicted octanol–water partition coefficient (Wildman–Crippen LogP) is 3.09. The van der Waals surface area contributed by atoms with Gasteiger partial charge in [0.1, 0.15) is 17.7 Å². The van der Waals surface area contributed by atoms with Crippen LogP contribution in [0.5, 0.6) is 5.75 Å². The molecule has 1 aromatic rings. The van der Waals surface area contributed by atoms with E-state index in [2.05, 4.69) is 6.58 Å². The van der Waals surface area contributed by atoms with Crippen LogP contribution in [-0.4, -0.2) is 6.10 Å². The molecule has 1 unspecified atom stereocenters. The van der Waals surface area contributed by atoms with Crippen molar-refractivity contribution < 1.29 is 9.13 Å². The minimum absolute atomic E-state index is 0.0517. The Morgan fingerprint density at radius 2 is 2.23 bits per heavy atom. The highest BCUT2D eigenvalue weighted by molar-refractivity contribution is 5.32. The van der Waals surface area contributed by atoms with Gasteiger partial charge in [0, 0.05) is 0 Å². The lowest BCUT2D eigenvalue weighted by atomic mass is 10.2. The van der Waals surface area contributed by atoms with Gasteiger partial charge in [-0.3, -0.25) is 0 Å². The highest BCUT2D eigenvalue weighted by atomic mass is 19.1. The third-order valence-electron chi connectivity index (χ3n) is 1.78. The summed E-state index contributed by atoms with van der Waals surface area (Å²) in [5, 5.41) is 0. The van der Waals surface area contributed by atoms with Gasteiger partial charge in [-0.1, -0.05) is 12.7 Å². The summed E-state index contributed by atoms with van der Waals surface area (Å²) in [5.74, 6) is 0.463. The van der Waals surface area contributed by atoms with Gasteiger partial charge in [0.05, 0.1) is 0 Å². The van der Waals surface area contributed by atoms with E-state index in [1.54, 1.807) is 12.1 Å². The second-order valence-electron chi connectivity index (χ2n) is 2.97. The molecule has 70 valence electrons. The molecule has 13 heavy (non-hydrogen) atoms. The Balaban J connectivity index is 2.83. The second-order valence-corrected chi connectivity index (χ2v) is 2.97. The number of ether oxygens (including phenoxy) is 1. The maximum absolute atomic E-state index is 12.7. The zero-order chi connectivity index (χ0) is 9.84. The molecule has 0 fully saturated rings. The number of benzene rings is 1. The summed E-state index contributed by atoms with van der Waals surface area (Å²) < 4.78 is 18.2. The van der Waals surface area contributed by atoms with Crippen LogP contribution < -0.4 is 4.74 Å².